The Morgan fingerprint density at radius 3 is 1.98 bits per heavy atom. The van der Waals surface area contributed by atoms with Crippen molar-refractivity contribution in [2.75, 3.05) is 19.1 Å². The Morgan fingerprint density at radius 2 is 1.41 bits per heavy atom. The van der Waals surface area contributed by atoms with Crippen molar-refractivity contribution in [1.29, 1.82) is 0 Å². The Morgan fingerprint density at radius 1 is 0.848 bits per heavy atom. The maximum Gasteiger partial charge on any atom is 0.244 e. The quantitative estimate of drug-likeness (QED) is 0.213. The van der Waals surface area contributed by atoms with E-state index in [1.165, 1.54) is 0 Å². The highest BCUT2D eigenvalue weighted by molar-refractivity contribution is 7.89. The molecule has 1 fully saturated rings. The molecule has 4 aromatic rings. The maximum atomic E-state index is 12.7. The van der Waals surface area contributed by atoms with Crippen LogP contribution in [-0.4, -0.2) is 52.9 Å². The van der Waals surface area contributed by atoms with Crippen molar-refractivity contribution in [1.82, 2.24) is 14.6 Å². The van der Waals surface area contributed by atoms with Crippen molar-refractivity contribution < 1.29 is 35.7 Å². The Kier molecular flexibility index (Phi) is 9.47. The van der Waals surface area contributed by atoms with Gasteiger partial charge in [0.15, 0.2) is 5.76 Å². The number of nitrogens with one attached hydrogen (secondary N) is 2. The van der Waals surface area contributed by atoms with Crippen LogP contribution in [0.25, 0.3) is 22.5 Å². The van der Waals surface area contributed by atoms with Crippen molar-refractivity contribution in [3.05, 3.63) is 101 Å². The molecule has 1 aromatic heterocycles. The number of hydrogen-bond donors (Lipinski definition) is 2. The minimum atomic E-state index is -3.75. The first-order valence-corrected chi connectivity index (χ1v) is 18.3. The second-order valence-electron chi connectivity index (χ2n) is 11.7. The first-order valence-electron chi connectivity index (χ1n) is 14.6. The van der Waals surface area contributed by atoms with Crippen LogP contribution in [0.4, 0.5) is 0 Å². The van der Waals surface area contributed by atoms with Crippen LogP contribution < -0.4 is 9.44 Å². The average molecular weight is 666 g/mol. The van der Waals surface area contributed by atoms with E-state index in [9.17, 15) is 26.4 Å². The molecular formula is C33H35N3O8S2. The zero-order valence-corrected chi connectivity index (χ0v) is 27.3. The topological polar surface area (TPSA) is 162 Å². The summed E-state index contributed by atoms with van der Waals surface area (Å²) in [7, 11) is -7.40. The molecule has 3 aromatic carbocycles. The van der Waals surface area contributed by atoms with E-state index in [-0.39, 0.29) is 13.0 Å². The van der Waals surface area contributed by atoms with Crippen LogP contribution in [0.1, 0.15) is 47.6 Å². The molecule has 11 nitrogen and oxygen atoms in total. The van der Waals surface area contributed by atoms with Gasteiger partial charge in [-0.3, -0.25) is 19.0 Å². The van der Waals surface area contributed by atoms with Crippen LogP contribution in [-0.2, 0) is 46.4 Å². The van der Waals surface area contributed by atoms with Crippen LogP contribution in [0.3, 0.4) is 0 Å². The number of nitrogens with zero attached hydrogens (tertiary/aromatic N) is 1. The van der Waals surface area contributed by atoms with Crippen molar-refractivity contribution >= 4 is 31.9 Å². The van der Waals surface area contributed by atoms with Crippen molar-refractivity contribution in [2.24, 2.45) is 0 Å². The van der Waals surface area contributed by atoms with E-state index < -0.39 is 43.2 Å². The van der Waals surface area contributed by atoms with Gasteiger partial charge in [-0.1, -0.05) is 84.0 Å². The number of benzene rings is 3. The number of sulfonamides is 2. The van der Waals surface area contributed by atoms with Crippen molar-refractivity contribution in [2.45, 2.75) is 44.1 Å². The predicted molar refractivity (Wildman–Crippen MR) is 172 cm³/mol. The molecule has 0 radical (unpaired) electrons. The molecule has 1 aliphatic carbocycles. The molecule has 46 heavy (non-hydrogen) atoms. The number of carbonyl (C=O) groups is 2. The van der Waals surface area contributed by atoms with E-state index in [0.717, 1.165) is 34.8 Å². The number of amides is 2. The van der Waals surface area contributed by atoms with Gasteiger partial charge in [0, 0.05) is 23.5 Å². The molecule has 5 rings (SSSR count). The lowest BCUT2D eigenvalue weighted by Gasteiger charge is -2.18. The van der Waals surface area contributed by atoms with Gasteiger partial charge in [0.2, 0.25) is 31.9 Å². The summed E-state index contributed by atoms with van der Waals surface area (Å²) in [5.74, 6) is -1.27. The number of carbonyl (C=O) groups excluding carboxylic acids is 2. The van der Waals surface area contributed by atoms with Crippen molar-refractivity contribution in [3.8, 4) is 22.5 Å². The second-order valence-corrected chi connectivity index (χ2v) is 15.1. The van der Waals surface area contributed by atoms with Crippen LogP contribution >= 0.6 is 0 Å². The monoisotopic (exact) mass is 665 g/mol. The summed E-state index contributed by atoms with van der Waals surface area (Å²) in [6.45, 7) is 2.19. The smallest absolute Gasteiger partial charge is 0.244 e. The molecule has 1 aliphatic rings. The Bertz CT molecular complexity index is 1930. The minimum absolute atomic E-state index is 0.120. The lowest BCUT2D eigenvalue weighted by Crippen LogP contribution is -2.38. The highest BCUT2D eigenvalue weighted by Gasteiger charge is 2.52. The molecule has 1 saturated carbocycles. The number of ether oxygens (including phenoxy) is 1. The van der Waals surface area contributed by atoms with Gasteiger partial charge in [0.25, 0.3) is 0 Å². The molecule has 2 N–H and O–H groups in total. The lowest BCUT2D eigenvalue weighted by atomic mass is 9.91. The van der Waals surface area contributed by atoms with E-state index >= 15 is 0 Å². The van der Waals surface area contributed by atoms with Gasteiger partial charge in [-0.2, -0.15) is 0 Å². The Hall–Kier alpha value is -4.33. The van der Waals surface area contributed by atoms with Gasteiger partial charge in [-0.25, -0.2) is 16.8 Å². The van der Waals surface area contributed by atoms with E-state index in [1.807, 2.05) is 83.6 Å². The van der Waals surface area contributed by atoms with E-state index in [1.54, 1.807) is 6.92 Å². The van der Waals surface area contributed by atoms with Crippen LogP contribution in [0.2, 0.25) is 0 Å². The maximum absolute atomic E-state index is 12.7. The number of hydrogen-bond acceptors (Lipinski definition) is 9. The molecule has 1 atom stereocenters. The first-order chi connectivity index (χ1) is 21.7. The van der Waals surface area contributed by atoms with Crippen LogP contribution in [0.15, 0.2) is 83.4 Å². The fraction of sp³-hybridized carbons (Fsp3) is 0.303. The van der Waals surface area contributed by atoms with Gasteiger partial charge >= 0.3 is 0 Å². The average Bonchev–Trinajstić information content (AvgIpc) is 3.72. The van der Waals surface area contributed by atoms with E-state index in [2.05, 4.69) is 9.88 Å². The SMILES string of the molecule is Cc1noc(-c2ccc(-c3ccc(C4(C(=O)NS(C)(=O)=O)CC4)cc3)cc2)c1[C@@H](COCc1ccccc1)CC(=O)NS(C)(=O)=O. The summed E-state index contributed by atoms with van der Waals surface area (Å²) >= 11 is 0. The summed E-state index contributed by atoms with van der Waals surface area (Å²) in [6, 6.07) is 24.6. The number of aromatic nitrogens is 1. The van der Waals surface area contributed by atoms with Crippen LogP contribution in [0, 0.1) is 6.92 Å². The largest absolute Gasteiger partial charge is 0.376 e. The highest BCUT2D eigenvalue weighted by atomic mass is 32.2. The lowest BCUT2D eigenvalue weighted by molar-refractivity contribution is -0.122. The van der Waals surface area contributed by atoms with E-state index in [0.29, 0.717) is 42.0 Å². The normalized spacial score (nSPS) is 14.8. The number of aryl methyl sites for hydroxylation is 1. The summed E-state index contributed by atoms with van der Waals surface area (Å²) in [5.41, 5.74) is 4.60. The zero-order valence-electron chi connectivity index (χ0n) is 25.6. The van der Waals surface area contributed by atoms with E-state index in [4.69, 9.17) is 9.26 Å². The third-order valence-corrected chi connectivity index (χ3v) is 9.01. The van der Waals surface area contributed by atoms with Gasteiger partial charge in [0.1, 0.15) is 0 Å². The summed E-state index contributed by atoms with van der Waals surface area (Å²) in [5, 5.41) is 4.17. The fourth-order valence-corrected chi connectivity index (χ4v) is 6.54. The summed E-state index contributed by atoms with van der Waals surface area (Å²) in [4.78, 5) is 25.3. The standard InChI is InChI=1S/C33H35N3O8S2/c1-22-30(27(19-29(37)35-45(2,39)40)21-43-20-23-7-5-4-6-8-23)31(44-34-22)26-11-9-24(10-12-26)25-13-15-28(16-14-25)33(17-18-33)32(38)36-46(3,41)42/h4-16,27H,17-21H2,1-3H3,(H,35,37)(H,36,38)/t27-/m1/s1. The Balaban J connectivity index is 1.36. The van der Waals surface area contributed by atoms with Gasteiger partial charge in [0.05, 0.1) is 36.8 Å². The van der Waals surface area contributed by atoms with Crippen LogP contribution in [0.5, 0.6) is 0 Å². The predicted octanol–water partition coefficient (Wildman–Crippen LogP) is 4.19. The molecular weight excluding hydrogens is 631 g/mol. The van der Waals surface area contributed by atoms with Crippen molar-refractivity contribution in [3.63, 3.8) is 0 Å². The van der Waals surface area contributed by atoms with Gasteiger partial charge < -0.3 is 9.26 Å². The zero-order chi connectivity index (χ0) is 33.1. The summed E-state index contributed by atoms with van der Waals surface area (Å²) < 4.78 is 62.5. The molecule has 0 bridgehead atoms. The molecule has 0 saturated heterocycles. The highest BCUT2D eigenvalue weighted by Crippen LogP contribution is 2.49. The van der Waals surface area contributed by atoms with Gasteiger partial charge in [-0.05, 0) is 42.0 Å². The molecule has 242 valence electrons. The first kappa shape index (κ1) is 33.0. The number of rotatable bonds is 13. The molecule has 13 heteroatoms. The summed E-state index contributed by atoms with van der Waals surface area (Å²) in [6.07, 6.45) is 2.89. The van der Waals surface area contributed by atoms with Gasteiger partial charge in [-0.15, -0.1) is 0 Å². The molecule has 0 unspecified atom stereocenters. The second kappa shape index (κ2) is 13.2. The molecule has 1 heterocycles. The molecule has 0 spiro atoms. The fourth-order valence-electron chi connectivity index (χ4n) is 5.51. The molecule has 2 amide bonds. The Labute approximate surface area is 268 Å². The third-order valence-electron chi connectivity index (χ3n) is 7.86. The third kappa shape index (κ3) is 8.08. The minimum Gasteiger partial charge on any atom is -0.376 e. The molecule has 0 aliphatic heterocycles.